The lowest BCUT2D eigenvalue weighted by atomic mass is 10.2. The van der Waals surface area contributed by atoms with Crippen LogP contribution in [0.4, 0.5) is 10.5 Å². The standard InChI is InChI=1S/C15H15N5O/c1-2-11-5-3-6-12(9-11)17-15(21)16-10-14-19-18-13-7-4-8-20(13)14/h1,3,5-6,9H,4,7-8,10H2,(H2,16,17,21). The Hall–Kier alpha value is -2.81. The molecule has 3 rings (SSSR count). The predicted octanol–water partition coefficient (Wildman–Crippen LogP) is 1.53. The number of terminal acetylenes is 1. The molecule has 2 aromatic rings. The first-order chi connectivity index (χ1) is 10.3. The first-order valence-corrected chi connectivity index (χ1v) is 6.79. The highest BCUT2D eigenvalue weighted by Crippen LogP contribution is 2.14. The minimum Gasteiger partial charge on any atom is -0.331 e. The molecule has 2 N–H and O–H groups in total. The van der Waals surface area contributed by atoms with Gasteiger partial charge in [0.15, 0.2) is 5.82 Å². The number of aromatic nitrogens is 3. The lowest BCUT2D eigenvalue weighted by molar-refractivity contribution is 0.251. The van der Waals surface area contributed by atoms with Crippen LogP contribution in [0, 0.1) is 12.3 Å². The van der Waals surface area contributed by atoms with E-state index in [9.17, 15) is 4.79 Å². The number of carbonyl (C=O) groups excluding carboxylic acids is 1. The second-order valence-electron chi connectivity index (χ2n) is 4.82. The summed E-state index contributed by atoms with van der Waals surface area (Å²) >= 11 is 0. The fourth-order valence-electron chi connectivity index (χ4n) is 2.36. The van der Waals surface area contributed by atoms with E-state index >= 15 is 0 Å². The Morgan fingerprint density at radius 1 is 1.43 bits per heavy atom. The summed E-state index contributed by atoms with van der Waals surface area (Å²) < 4.78 is 2.05. The Morgan fingerprint density at radius 3 is 3.19 bits per heavy atom. The van der Waals surface area contributed by atoms with Gasteiger partial charge in [0.2, 0.25) is 0 Å². The fourth-order valence-corrected chi connectivity index (χ4v) is 2.36. The molecule has 21 heavy (non-hydrogen) atoms. The van der Waals surface area contributed by atoms with Crippen molar-refractivity contribution in [3.8, 4) is 12.3 Å². The number of hydrogen-bond donors (Lipinski definition) is 2. The van der Waals surface area contributed by atoms with E-state index in [-0.39, 0.29) is 6.03 Å². The molecule has 0 radical (unpaired) electrons. The van der Waals surface area contributed by atoms with Gasteiger partial charge in [-0.2, -0.15) is 0 Å². The number of benzene rings is 1. The summed E-state index contributed by atoms with van der Waals surface area (Å²) in [4.78, 5) is 11.9. The summed E-state index contributed by atoms with van der Waals surface area (Å²) in [7, 11) is 0. The molecule has 2 amide bonds. The third kappa shape index (κ3) is 2.87. The molecule has 0 atom stereocenters. The summed E-state index contributed by atoms with van der Waals surface area (Å²) in [6.45, 7) is 1.28. The van der Waals surface area contributed by atoms with Crippen LogP contribution in [-0.4, -0.2) is 20.8 Å². The molecule has 0 unspecified atom stereocenters. The van der Waals surface area contributed by atoms with E-state index in [1.807, 2.05) is 6.07 Å². The summed E-state index contributed by atoms with van der Waals surface area (Å²) in [6, 6.07) is 6.85. The van der Waals surface area contributed by atoms with Crippen LogP contribution in [0.3, 0.4) is 0 Å². The topological polar surface area (TPSA) is 71.8 Å². The molecular weight excluding hydrogens is 266 g/mol. The van der Waals surface area contributed by atoms with Crippen molar-refractivity contribution in [2.75, 3.05) is 5.32 Å². The van der Waals surface area contributed by atoms with Gasteiger partial charge in [-0.3, -0.25) is 0 Å². The molecule has 0 aliphatic carbocycles. The van der Waals surface area contributed by atoms with Gasteiger partial charge in [-0.1, -0.05) is 12.0 Å². The van der Waals surface area contributed by atoms with Crippen LogP contribution >= 0.6 is 0 Å². The Labute approximate surface area is 122 Å². The van der Waals surface area contributed by atoms with Gasteiger partial charge >= 0.3 is 6.03 Å². The molecule has 0 saturated heterocycles. The maximum Gasteiger partial charge on any atom is 0.319 e. The number of amides is 2. The molecule has 6 nitrogen and oxygen atoms in total. The van der Waals surface area contributed by atoms with Gasteiger partial charge in [-0.15, -0.1) is 16.6 Å². The highest BCUT2D eigenvalue weighted by atomic mass is 16.2. The van der Waals surface area contributed by atoms with Crippen LogP contribution in [0.1, 0.15) is 23.6 Å². The van der Waals surface area contributed by atoms with Crippen molar-refractivity contribution < 1.29 is 4.79 Å². The van der Waals surface area contributed by atoms with Crippen molar-refractivity contribution in [3.63, 3.8) is 0 Å². The van der Waals surface area contributed by atoms with Crippen molar-refractivity contribution in [3.05, 3.63) is 41.5 Å². The second kappa shape index (κ2) is 5.67. The number of fused-ring (bicyclic) bond motifs is 1. The third-order valence-corrected chi connectivity index (χ3v) is 3.38. The van der Waals surface area contributed by atoms with Crippen LogP contribution < -0.4 is 10.6 Å². The number of aryl methyl sites for hydroxylation is 1. The Kier molecular flexibility index (Phi) is 3.56. The van der Waals surface area contributed by atoms with E-state index < -0.39 is 0 Å². The Balaban J connectivity index is 1.58. The largest absolute Gasteiger partial charge is 0.331 e. The predicted molar refractivity (Wildman–Crippen MR) is 78.6 cm³/mol. The monoisotopic (exact) mass is 281 g/mol. The zero-order chi connectivity index (χ0) is 14.7. The zero-order valence-electron chi connectivity index (χ0n) is 11.5. The van der Waals surface area contributed by atoms with E-state index in [1.54, 1.807) is 18.2 Å². The first-order valence-electron chi connectivity index (χ1n) is 6.79. The van der Waals surface area contributed by atoms with Crippen LogP contribution in [0.15, 0.2) is 24.3 Å². The Bertz CT molecular complexity index is 713. The molecule has 0 saturated carbocycles. The smallest absolute Gasteiger partial charge is 0.319 e. The van der Waals surface area contributed by atoms with Gasteiger partial charge in [-0.05, 0) is 24.6 Å². The van der Waals surface area contributed by atoms with Crippen molar-refractivity contribution in [1.82, 2.24) is 20.1 Å². The van der Waals surface area contributed by atoms with Gasteiger partial charge in [-0.25, -0.2) is 4.79 Å². The quantitative estimate of drug-likeness (QED) is 0.838. The molecule has 106 valence electrons. The fraction of sp³-hybridized carbons (Fsp3) is 0.267. The summed E-state index contributed by atoms with van der Waals surface area (Å²) in [6.07, 6.45) is 7.37. The molecule has 1 aromatic carbocycles. The molecule has 6 heteroatoms. The van der Waals surface area contributed by atoms with Crippen molar-refractivity contribution in [2.45, 2.75) is 25.9 Å². The van der Waals surface area contributed by atoms with Crippen molar-refractivity contribution in [1.29, 1.82) is 0 Å². The van der Waals surface area contributed by atoms with E-state index in [1.165, 1.54) is 0 Å². The number of anilines is 1. The molecule has 0 bridgehead atoms. The van der Waals surface area contributed by atoms with E-state index in [4.69, 9.17) is 6.42 Å². The van der Waals surface area contributed by atoms with E-state index in [2.05, 4.69) is 31.3 Å². The van der Waals surface area contributed by atoms with Gasteiger partial charge in [0.25, 0.3) is 0 Å². The first kappa shape index (κ1) is 13.2. The van der Waals surface area contributed by atoms with Gasteiger partial charge < -0.3 is 15.2 Å². The minimum atomic E-state index is -0.292. The van der Waals surface area contributed by atoms with E-state index in [0.29, 0.717) is 12.2 Å². The molecule has 1 aliphatic heterocycles. The highest BCUT2D eigenvalue weighted by molar-refractivity contribution is 5.89. The number of hydrogen-bond acceptors (Lipinski definition) is 3. The molecule has 2 heterocycles. The summed E-state index contributed by atoms with van der Waals surface area (Å²) in [5.41, 5.74) is 1.39. The summed E-state index contributed by atoms with van der Waals surface area (Å²) in [5, 5.41) is 13.7. The van der Waals surface area contributed by atoms with Crippen LogP contribution in [-0.2, 0) is 19.5 Å². The van der Waals surface area contributed by atoms with Crippen molar-refractivity contribution >= 4 is 11.7 Å². The molecular formula is C15H15N5O. The maximum atomic E-state index is 11.9. The van der Waals surface area contributed by atoms with Crippen LogP contribution in [0.2, 0.25) is 0 Å². The van der Waals surface area contributed by atoms with Crippen LogP contribution in [0.25, 0.3) is 0 Å². The normalized spacial score (nSPS) is 12.5. The van der Waals surface area contributed by atoms with Crippen LogP contribution in [0.5, 0.6) is 0 Å². The highest BCUT2D eigenvalue weighted by Gasteiger charge is 2.17. The van der Waals surface area contributed by atoms with Gasteiger partial charge in [0, 0.05) is 24.2 Å². The molecule has 0 spiro atoms. The van der Waals surface area contributed by atoms with Gasteiger partial charge in [0.1, 0.15) is 5.82 Å². The number of nitrogens with one attached hydrogen (secondary N) is 2. The average Bonchev–Trinajstić information content (AvgIpc) is 3.09. The summed E-state index contributed by atoms with van der Waals surface area (Å²) in [5.74, 6) is 4.31. The number of urea groups is 1. The lowest BCUT2D eigenvalue weighted by Crippen LogP contribution is -2.29. The number of carbonyl (C=O) groups is 1. The maximum absolute atomic E-state index is 11.9. The number of rotatable bonds is 3. The third-order valence-electron chi connectivity index (χ3n) is 3.38. The molecule has 1 aromatic heterocycles. The van der Waals surface area contributed by atoms with Gasteiger partial charge in [0.05, 0.1) is 6.54 Å². The zero-order valence-corrected chi connectivity index (χ0v) is 11.5. The second-order valence-corrected chi connectivity index (χ2v) is 4.82. The molecule has 0 fully saturated rings. The average molecular weight is 281 g/mol. The molecule has 1 aliphatic rings. The minimum absolute atomic E-state index is 0.292. The lowest BCUT2D eigenvalue weighted by Gasteiger charge is -2.08. The number of nitrogens with zero attached hydrogens (tertiary/aromatic N) is 3. The van der Waals surface area contributed by atoms with Crippen molar-refractivity contribution in [2.24, 2.45) is 0 Å². The Morgan fingerprint density at radius 2 is 2.33 bits per heavy atom. The SMILES string of the molecule is C#Cc1cccc(NC(=O)NCc2nnc3n2CCC3)c1. The van der Waals surface area contributed by atoms with E-state index in [0.717, 1.165) is 36.6 Å².